The molecule has 0 bridgehead atoms. The molecule has 0 heterocycles. The first-order valence-corrected chi connectivity index (χ1v) is 5.63. The maximum atomic E-state index is 10.3. The Bertz CT molecular complexity index is 439. The summed E-state index contributed by atoms with van der Waals surface area (Å²) < 4.78 is 5.40. The van der Waals surface area contributed by atoms with Crippen molar-refractivity contribution in [1.82, 2.24) is 0 Å². The maximum Gasteiger partial charge on any atom is 0.112 e. The highest BCUT2D eigenvalue weighted by molar-refractivity contribution is 5.24. The third-order valence-corrected chi connectivity index (χ3v) is 2.81. The number of benzene rings is 2. The van der Waals surface area contributed by atoms with E-state index in [-0.39, 0.29) is 6.10 Å². The number of aliphatic hydroxyl groups is 1. The van der Waals surface area contributed by atoms with Crippen molar-refractivity contribution < 1.29 is 9.84 Å². The van der Waals surface area contributed by atoms with E-state index in [1.54, 1.807) is 7.11 Å². The Kier molecular flexibility index (Phi) is 3.91. The van der Waals surface area contributed by atoms with E-state index < -0.39 is 6.10 Å². The first-order chi connectivity index (χ1) is 8.33. The highest BCUT2D eigenvalue weighted by Crippen LogP contribution is 2.30. The van der Waals surface area contributed by atoms with Gasteiger partial charge in [0.1, 0.15) is 12.2 Å². The van der Waals surface area contributed by atoms with E-state index in [9.17, 15) is 5.11 Å². The first kappa shape index (κ1) is 11.8. The van der Waals surface area contributed by atoms with Crippen molar-refractivity contribution in [2.24, 2.45) is 0 Å². The molecule has 17 heavy (non-hydrogen) atoms. The lowest BCUT2D eigenvalue weighted by Gasteiger charge is -2.22. The quantitative estimate of drug-likeness (QED) is 0.871. The monoisotopic (exact) mass is 228 g/mol. The Morgan fingerprint density at radius 1 is 0.824 bits per heavy atom. The van der Waals surface area contributed by atoms with Crippen LogP contribution in [0, 0.1) is 0 Å². The second-order valence-corrected chi connectivity index (χ2v) is 3.92. The summed E-state index contributed by atoms with van der Waals surface area (Å²) in [6.45, 7) is 0. The minimum atomic E-state index is -0.649. The van der Waals surface area contributed by atoms with E-state index >= 15 is 0 Å². The van der Waals surface area contributed by atoms with Gasteiger partial charge >= 0.3 is 0 Å². The SMILES string of the molecule is CO[C@@H](c1ccccc1)[C@@H](O)c1ccccc1. The topological polar surface area (TPSA) is 29.5 Å². The lowest BCUT2D eigenvalue weighted by atomic mass is 9.98. The van der Waals surface area contributed by atoms with Crippen molar-refractivity contribution in [3.05, 3.63) is 71.8 Å². The van der Waals surface area contributed by atoms with Gasteiger partial charge in [0.15, 0.2) is 0 Å². The third kappa shape index (κ3) is 2.73. The van der Waals surface area contributed by atoms with E-state index in [1.165, 1.54) is 0 Å². The van der Waals surface area contributed by atoms with Crippen molar-refractivity contribution in [2.45, 2.75) is 12.2 Å². The number of hydrogen-bond donors (Lipinski definition) is 1. The lowest BCUT2D eigenvalue weighted by Crippen LogP contribution is -2.12. The number of rotatable bonds is 4. The van der Waals surface area contributed by atoms with Crippen LogP contribution in [-0.4, -0.2) is 12.2 Å². The molecule has 0 saturated heterocycles. The van der Waals surface area contributed by atoms with Gasteiger partial charge in [0.2, 0.25) is 0 Å². The van der Waals surface area contributed by atoms with Gasteiger partial charge in [-0.05, 0) is 11.1 Å². The molecule has 0 spiro atoms. The normalized spacial score (nSPS) is 14.2. The van der Waals surface area contributed by atoms with Crippen LogP contribution in [0.4, 0.5) is 0 Å². The van der Waals surface area contributed by atoms with E-state index in [4.69, 9.17) is 4.74 Å². The second-order valence-electron chi connectivity index (χ2n) is 3.92. The van der Waals surface area contributed by atoms with Crippen molar-refractivity contribution in [2.75, 3.05) is 7.11 Å². The van der Waals surface area contributed by atoms with Crippen molar-refractivity contribution >= 4 is 0 Å². The summed E-state index contributed by atoms with van der Waals surface area (Å²) in [4.78, 5) is 0. The van der Waals surface area contributed by atoms with Crippen LogP contribution in [0.2, 0.25) is 0 Å². The zero-order chi connectivity index (χ0) is 12.1. The van der Waals surface area contributed by atoms with Gasteiger partial charge in [0.25, 0.3) is 0 Å². The molecule has 0 aliphatic heterocycles. The lowest BCUT2D eigenvalue weighted by molar-refractivity contribution is -0.0149. The zero-order valence-corrected chi connectivity index (χ0v) is 9.78. The Labute approximate surface area is 101 Å². The van der Waals surface area contributed by atoms with Gasteiger partial charge in [0.05, 0.1) is 0 Å². The standard InChI is InChI=1S/C15H16O2/c1-17-15(13-10-6-3-7-11-13)14(16)12-8-4-2-5-9-12/h2-11,14-16H,1H3/t14-,15-/m0/s1. The summed E-state index contributed by atoms with van der Waals surface area (Å²) >= 11 is 0. The van der Waals surface area contributed by atoms with E-state index in [1.807, 2.05) is 60.7 Å². The van der Waals surface area contributed by atoms with Gasteiger partial charge in [-0.25, -0.2) is 0 Å². The molecule has 2 aromatic carbocycles. The highest BCUT2D eigenvalue weighted by Gasteiger charge is 2.21. The summed E-state index contributed by atoms with van der Waals surface area (Å²) in [5, 5.41) is 10.3. The van der Waals surface area contributed by atoms with Gasteiger partial charge in [-0.15, -0.1) is 0 Å². The summed E-state index contributed by atoms with van der Waals surface area (Å²) in [5.74, 6) is 0. The molecule has 0 fully saturated rings. The fourth-order valence-corrected chi connectivity index (χ4v) is 1.91. The molecule has 0 aromatic heterocycles. The number of ether oxygens (including phenoxy) is 1. The van der Waals surface area contributed by atoms with E-state index in [0.717, 1.165) is 11.1 Å². The van der Waals surface area contributed by atoms with Crippen molar-refractivity contribution in [3.63, 3.8) is 0 Å². The van der Waals surface area contributed by atoms with Crippen LogP contribution in [0.3, 0.4) is 0 Å². The van der Waals surface area contributed by atoms with Gasteiger partial charge in [0, 0.05) is 7.11 Å². The predicted molar refractivity (Wildman–Crippen MR) is 67.6 cm³/mol. The van der Waals surface area contributed by atoms with Crippen molar-refractivity contribution in [1.29, 1.82) is 0 Å². The molecule has 2 aromatic rings. The largest absolute Gasteiger partial charge is 0.385 e. The molecule has 0 unspecified atom stereocenters. The van der Waals surface area contributed by atoms with Crippen LogP contribution in [0.5, 0.6) is 0 Å². The average Bonchev–Trinajstić information content (AvgIpc) is 2.42. The fourth-order valence-electron chi connectivity index (χ4n) is 1.91. The van der Waals surface area contributed by atoms with Crippen LogP contribution in [0.25, 0.3) is 0 Å². The molecular weight excluding hydrogens is 212 g/mol. The molecule has 2 heteroatoms. The summed E-state index contributed by atoms with van der Waals surface area (Å²) in [6.07, 6.45) is -0.984. The van der Waals surface area contributed by atoms with Crippen molar-refractivity contribution in [3.8, 4) is 0 Å². The van der Waals surface area contributed by atoms with Crippen LogP contribution in [0.15, 0.2) is 60.7 Å². The minimum absolute atomic E-state index is 0.335. The summed E-state index contributed by atoms with van der Waals surface area (Å²) in [5.41, 5.74) is 1.84. The third-order valence-electron chi connectivity index (χ3n) is 2.81. The molecule has 2 nitrogen and oxygen atoms in total. The number of methoxy groups -OCH3 is 1. The Morgan fingerprint density at radius 3 is 1.76 bits per heavy atom. The molecule has 1 N–H and O–H groups in total. The van der Waals surface area contributed by atoms with Gasteiger partial charge in [-0.3, -0.25) is 0 Å². The molecule has 88 valence electrons. The predicted octanol–water partition coefficient (Wildman–Crippen LogP) is 3.11. The minimum Gasteiger partial charge on any atom is -0.385 e. The van der Waals surface area contributed by atoms with Crippen LogP contribution in [0.1, 0.15) is 23.3 Å². The fraction of sp³-hybridized carbons (Fsp3) is 0.200. The highest BCUT2D eigenvalue weighted by atomic mass is 16.5. The maximum absolute atomic E-state index is 10.3. The summed E-state index contributed by atoms with van der Waals surface area (Å²) in [7, 11) is 1.61. The average molecular weight is 228 g/mol. The molecule has 0 amide bonds. The molecule has 2 rings (SSSR count). The summed E-state index contributed by atoms with van der Waals surface area (Å²) in [6, 6.07) is 19.3. The molecule has 0 radical (unpaired) electrons. The molecular formula is C15H16O2. The zero-order valence-electron chi connectivity index (χ0n) is 9.78. The van der Waals surface area contributed by atoms with E-state index in [0.29, 0.717) is 0 Å². The number of aliphatic hydroxyl groups excluding tert-OH is 1. The van der Waals surface area contributed by atoms with Gasteiger partial charge in [-0.2, -0.15) is 0 Å². The first-order valence-electron chi connectivity index (χ1n) is 5.63. The smallest absolute Gasteiger partial charge is 0.112 e. The van der Waals surface area contributed by atoms with Gasteiger partial charge in [-0.1, -0.05) is 60.7 Å². The second kappa shape index (κ2) is 5.62. The molecule has 0 aliphatic carbocycles. The Hall–Kier alpha value is -1.64. The van der Waals surface area contributed by atoms with Crippen LogP contribution >= 0.6 is 0 Å². The Balaban J connectivity index is 2.25. The number of hydrogen-bond acceptors (Lipinski definition) is 2. The van der Waals surface area contributed by atoms with Crippen LogP contribution in [-0.2, 0) is 4.74 Å². The molecule has 0 aliphatic rings. The van der Waals surface area contributed by atoms with E-state index in [2.05, 4.69) is 0 Å². The Morgan fingerprint density at radius 2 is 1.29 bits per heavy atom. The van der Waals surface area contributed by atoms with Gasteiger partial charge < -0.3 is 9.84 Å². The molecule has 2 atom stereocenters. The van der Waals surface area contributed by atoms with Crippen LogP contribution < -0.4 is 0 Å². The molecule has 0 saturated carbocycles.